The van der Waals surface area contributed by atoms with Crippen LogP contribution in [0.15, 0.2) is 42.5 Å². The van der Waals surface area contributed by atoms with Crippen LogP contribution in [0.1, 0.15) is 40.2 Å². The van der Waals surface area contributed by atoms with E-state index < -0.39 is 0 Å². The van der Waals surface area contributed by atoms with E-state index in [1.165, 1.54) is 28.3 Å². The maximum atomic E-state index is 2.44. The largest absolute Gasteiger partial charge is 0.338 e. The van der Waals surface area contributed by atoms with Crippen LogP contribution in [0.3, 0.4) is 0 Å². The van der Waals surface area contributed by atoms with Crippen LogP contribution in [0.5, 0.6) is 0 Å². The fourth-order valence-corrected chi connectivity index (χ4v) is 3.30. The van der Waals surface area contributed by atoms with Gasteiger partial charge in [0, 0.05) is 13.1 Å². The number of hydrogen-bond acceptors (Lipinski definition) is 2. The lowest BCUT2D eigenvalue weighted by molar-refractivity contribution is 0.590. The van der Waals surface area contributed by atoms with Crippen molar-refractivity contribution in [1.82, 2.24) is 0 Å². The lowest BCUT2D eigenvalue weighted by Gasteiger charge is -2.40. The molecule has 2 aromatic rings. The van der Waals surface area contributed by atoms with Crippen molar-refractivity contribution in [3.05, 3.63) is 48.0 Å². The van der Waals surface area contributed by atoms with E-state index >= 15 is 0 Å². The van der Waals surface area contributed by atoms with Gasteiger partial charge in [0.1, 0.15) is 0 Å². The average Bonchev–Trinajstić information content (AvgIpc) is 2.51. The lowest BCUT2D eigenvalue weighted by atomic mass is 9.86. The highest BCUT2D eigenvalue weighted by atomic mass is 15.3. The van der Waals surface area contributed by atoms with Gasteiger partial charge in [-0.25, -0.2) is 0 Å². The van der Waals surface area contributed by atoms with E-state index in [9.17, 15) is 0 Å². The molecule has 0 radical (unpaired) electrons. The minimum atomic E-state index is 0.169. The van der Waals surface area contributed by atoms with Crippen LogP contribution in [-0.4, -0.2) is 13.1 Å². The third kappa shape index (κ3) is 2.27. The predicted molar refractivity (Wildman–Crippen MR) is 96.9 cm³/mol. The summed E-state index contributed by atoms with van der Waals surface area (Å²) in [5.74, 6) is 0. The van der Waals surface area contributed by atoms with Crippen LogP contribution >= 0.6 is 0 Å². The van der Waals surface area contributed by atoms with Gasteiger partial charge in [-0.2, -0.15) is 0 Å². The molecule has 0 atom stereocenters. The quantitative estimate of drug-likeness (QED) is 0.710. The van der Waals surface area contributed by atoms with Crippen molar-refractivity contribution in [3.63, 3.8) is 0 Å². The SMILES string of the molecule is CCN1c2ccccc2N(CC)c2cc(C(C)(C)C)ccc21. The Balaban J connectivity index is 2.22. The van der Waals surface area contributed by atoms with Crippen molar-refractivity contribution >= 4 is 22.7 Å². The lowest BCUT2D eigenvalue weighted by Crippen LogP contribution is -2.29. The van der Waals surface area contributed by atoms with Crippen molar-refractivity contribution in [3.8, 4) is 0 Å². The molecule has 2 nitrogen and oxygen atoms in total. The van der Waals surface area contributed by atoms with Gasteiger partial charge in [0.25, 0.3) is 0 Å². The summed E-state index contributed by atoms with van der Waals surface area (Å²) in [6.45, 7) is 13.2. The van der Waals surface area contributed by atoms with Crippen LogP contribution < -0.4 is 9.80 Å². The molecule has 3 rings (SSSR count). The summed E-state index contributed by atoms with van der Waals surface area (Å²) in [6, 6.07) is 15.7. The van der Waals surface area contributed by atoms with Gasteiger partial charge in [-0.05, 0) is 49.1 Å². The number of fused-ring (bicyclic) bond motifs is 2. The van der Waals surface area contributed by atoms with E-state index in [1.807, 2.05) is 0 Å². The van der Waals surface area contributed by atoms with Gasteiger partial charge in [-0.3, -0.25) is 0 Å². The molecular weight excluding hydrogens is 268 g/mol. The molecule has 0 unspecified atom stereocenters. The molecule has 0 saturated heterocycles. The molecule has 0 saturated carbocycles. The van der Waals surface area contributed by atoms with Crippen LogP contribution in [-0.2, 0) is 5.41 Å². The number of para-hydroxylation sites is 2. The number of benzene rings is 2. The Morgan fingerprint density at radius 1 is 0.727 bits per heavy atom. The standard InChI is InChI=1S/C20H26N2/c1-6-21-16-10-8-9-11-17(16)22(7-2)19-14-15(20(3,4)5)12-13-18(19)21/h8-14H,6-7H2,1-5H3. The van der Waals surface area contributed by atoms with Gasteiger partial charge in [-0.15, -0.1) is 0 Å². The highest BCUT2D eigenvalue weighted by Crippen LogP contribution is 2.48. The predicted octanol–water partition coefficient (Wildman–Crippen LogP) is 5.61. The first kappa shape index (κ1) is 15.0. The van der Waals surface area contributed by atoms with Crippen LogP contribution in [0.4, 0.5) is 22.7 Å². The molecule has 22 heavy (non-hydrogen) atoms. The van der Waals surface area contributed by atoms with E-state index in [0.29, 0.717) is 0 Å². The third-order valence-electron chi connectivity index (χ3n) is 4.52. The molecule has 0 fully saturated rings. The summed E-state index contributed by atoms with van der Waals surface area (Å²) < 4.78 is 0. The van der Waals surface area contributed by atoms with Gasteiger partial charge in [0.2, 0.25) is 0 Å². The van der Waals surface area contributed by atoms with E-state index in [4.69, 9.17) is 0 Å². The topological polar surface area (TPSA) is 6.48 Å². The van der Waals surface area contributed by atoms with E-state index in [2.05, 4.69) is 86.9 Å². The maximum absolute atomic E-state index is 2.44. The zero-order chi connectivity index (χ0) is 15.9. The Kier molecular flexibility index (Phi) is 3.64. The molecule has 0 aliphatic carbocycles. The molecule has 0 bridgehead atoms. The summed E-state index contributed by atoms with van der Waals surface area (Å²) in [7, 11) is 0. The Hall–Kier alpha value is -1.96. The first-order valence-electron chi connectivity index (χ1n) is 8.26. The van der Waals surface area contributed by atoms with Gasteiger partial charge in [0.15, 0.2) is 0 Å². The van der Waals surface area contributed by atoms with Gasteiger partial charge < -0.3 is 9.80 Å². The summed E-state index contributed by atoms with van der Waals surface area (Å²) in [4.78, 5) is 4.86. The Labute approximate surface area is 134 Å². The molecule has 1 aliphatic rings. The van der Waals surface area contributed by atoms with Crippen LogP contribution in [0, 0.1) is 0 Å². The molecule has 1 aliphatic heterocycles. The first-order chi connectivity index (χ1) is 10.5. The second-order valence-corrected chi connectivity index (χ2v) is 6.93. The Bertz CT molecular complexity index is 682. The summed E-state index contributed by atoms with van der Waals surface area (Å²) in [6.07, 6.45) is 0. The number of hydrogen-bond donors (Lipinski definition) is 0. The minimum absolute atomic E-state index is 0.169. The molecule has 1 heterocycles. The normalized spacial score (nSPS) is 13.9. The van der Waals surface area contributed by atoms with Crippen molar-refractivity contribution < 1.29 is 0 Å². The van der Waals surface area contributed by atoms with Crippen molar-refractivity contribution in [2.24, 2.45) is 0 Å². The number of rotatable bonds is 2. The van der Waals surface area contributed by atoms with Gasteiger partial charge >= 0.3 is 0 Å². The molecular formula is C20H26N2. The van der Waals surface area contributed by atoms with E-state index in [-0.39, 0.29) is 5.41 Å². The highest BCUT2D eigenvalue weighted by Gasteiger charge is 2.27. The minimum Gasteiger partial charge on any atom is -0.338 e. The number of anilines is 4. The van der Waals surface area contributed by atoms with Crippen molar-refractivity contribution in [2.45, 2.75) is 40.0 Å². The smallest absolute Gasteiger partial charge is 0.0655 e. The maximum Gasteiger partial charge on any atom is 0.0655 e. The first-order valence-corrected chi connectivity index (χ1v) is 8.26. The second-order valence-electron chi connectivity index (χ2n) is 6.93. The van der Waals surface area contributed by atoms with Crippen LogP contribution in [0.2, 0.25) is 0 Å². The Morgan fingerprint density at radius 3 is 1.73 bits per heavy atom. The van der Waals surface area contributed by atoms with Crippen molar-refractivity contribution in [2.75, 3.05) is 22.9 Å². The third-order valence-corrected chi connectivity index (χ3v) is 4.52. The average molecular weight is 294 g/mol. The molecule has 0 aromatic heterocycles. The monoisotopic (exact) mass is 294 g/mol. The number of nitrogens with zero attached hydrogens (tertiary/aromatic N) is 2. The van der Waals surface area contributed by atoms with Crippen molar-refractivity contribution in [1.29, 1.82) is 0 Å². The van der Waals surface area contributed by atoms with Crippen LogP contribution in [0.25, 0.3) is 0 Å². The zero-order valence-corrected chi connectivity index (χ0v) is 14.4. The molecule has 2 heteroatoms. The highest BCUT2D eigenvalue weighted by molar-refractivity contribution is 5.93. The van der Waals surface area contributed by atoms with Gasteiger partial charge in [0.05, 0.1) is 22.7 Å². The van der Waals surface area contributed by atoms with Gasteiger partial charge in [-0.1, -0.05) is 39.0 Å². The summed E-state index contributed by atoms with van der Waals surface area (Å²) in [5.41, 5.74) is 6.82. The fraction of sp³-hybridized carbons (Fsp3) is 0.400. The summed E-state index contributed by atoms with van der Waals surface area (Å²) >= 11 is 0. The molecule has 0 amide bonds. The fourth-order valence-electron chi connectivity index (χ4n) is 3.30. The molecule has 2 aromatic carbocycles. The Morgan fingerprint density at radius 2 is 1.23 bits per heavy atom. The molecule has 0 spiro atoms. The van der Waals surface area contributed by atoms with E-state index in [1.54, 1.807) is 0 Å². The van der Waals surface area contributed by atoms with E-state index in [0.717, 1.165) is 13.1 Å². The zero-order valence-electron chi connectivity index (χ0n) is 14.4. The molecule has 0 N–H and O–H groups in total. The molecule has 116 valence electrons. The summed E-state index contributed by atoms with van der Waals surface area (Å²) in [5, 5.41) is 0. The second kappa shape index (κ2) is 5.35.